The van der Waals surface area contributed by atoms with Crippen LogP contribution in [0.4, 0.5) is 4.39 Å². The summed E-state index contributed by atoms with van der Waals surface area (Å²) in [5.74, 6) is -0.272. The van der Waals surface area contributed by atoms with Gasteiger partial charge in [0.05, 0.1) is 6.21 Å². The molecule has 2 aromatic carbocycles. The zero-order chi connectivity index (χ0) is 12.8. The highest BCUT2D eigenvalue weighted by atomic mass is 79.9. The van der Waals surface area contributed by atoms with Gasteiger partial charge in [-0.2, -0.15) is 0 Å². The number of hydrogen-bond acceptors (Lipinski definition) is 2. The smallest absolute Gasteiger partial charge is 0.142 e. The van der Waals surface area contributed by atoms with Gasteiger partial charge in [-0.1, -0.05) is 51.4 Å². The summed E-state index contributed by atoms with van der Waals surface area (Å²) in [4.78, 5) is 5.12. The molecule has 0 aromatic heterocycles. The Morgan fingerprint density at radius 2 is 2.00 bits per heavy atom. The number of oxime groups is 1. The van der Waals surface area contributed by atoms with Crippen LogP contribution in [0.15, 0.2) is 58.2 Å². The Kier molecular flexibility index (Phi) is 4.47. The van der Waals surface area contributed by atoms with Crippen molar-refractivity contribution in [3.63, 3.8) is 0 Å². The largest absolute Gasteiger partial charge is 0.391 e. The highest BCUT2D eigenvalue weighted by molar-refractivity contribution is 9.10. The van der Waals surface area contributed by atoms with Crippen LogP contribution >= 0.6 is 15.9 Å². The molecular weight excluding hydrogens is 297 g/mol. The molecule has 2 rings (SSSR count). The first-order chi connectivity index (χ1) is 8.75. The Morgan fingerprint density at radius 3 is 2.78 bits per heavy atom. The summed E-state index contributed by atoms with van der Waals surface area (Å²) in [6.07, 6.45) is 1.61. The zero-order valence-electron chi connectivity index (χ0n) is 9.51. The predicted molar refractivity (Wildman–Crippen MR) is 72.9 cm³/mol. The molecule has 0 bridgehead atoms. The van der Waals surface area contributed by atoms with E-state index >= 15 is 0 Å². The average molecular weight is 308 g/mol. The quantitative estimate of drug-likeness (QED) is 0.614. The molecule has 92 valence electrons. The summed E-state index contributed by atoms with van der Waals surface area (Å²) >= 11 is 3.41. The van der Waals surface area contributed by atoms with Crippen LogP contribution in [-0.2, 0) is 11.4 Å². The third-order valence-corrected chi connectivity index (χ3v) is 3.01. The van der Waals surface area contributed by atoms with E-state index in [2.05, 4.69) is 21.1 Å². The lowest BCUT2D eigenvalue weighted by Crippen LogP contribution is -1.89. The maximum Gasteiger partial charge on any atom is 0.142 e. The van der Waals surface area contributed by atoms with Crippen molar-refractivity contribution in [3.05, 3.63) is 69.9 Å². The second-order valence-electron chi connectivity index (χ2n) is 3.66. The lowest BCUT2D eigenvalue weighted by atomic mass is 10.2. The van der Waals surface area contributed by atoms with Crippen molar-refractivity contribution in [2.45, 2.75) is 6.61 Å². The first-order valence-electron chi connectivity index (χ1n) is 5.40. The molecule has 0 fully saturated rings. The summed E-state index contributed by atoms with van der Waals surface area (Å²) in [6.45, 7) is 0.249. The maximum atomic E-state index is 12.9. The van der Waals surface area contributed by atoms with E-state index in [0.29, 0.717) is 0 Å². The van der Waals surface area contributed by atoms with E-state index in [0.717, 1.165) is 15.6 Å². The Hall–Kier alpha value is -1.68. The van der Waals surface area contributed by atoms with E-state index in [1.165, 1.54) is 12.1 Å². The fraction of sp³-hybridized carbons (Fsp3) is 0.0714. The molecule has 0 amide bonds. The molecule has 0 radical (unpaired) electrons. The molecule has 0 unspecified atom stereocenters. The van der Waals surface area contributed by atoms with Crippen LogP contribution in [0.3, 0.4) is 0 Å². The van der Waals surface area contributed by atoms with Crippen molar-refractivity contribution in [2.24, 2.45) is 5.16 Å². The molecule has 0 spiro atoms. The molecule has 2 aromatic rings. The van der Waals surface area contributed by atoms with E-state index in [9.17, 15) is 4.39 Å². The van der Waals surface area contributed by atoms with Gasteiger partial charge in [-0.25, -0.2) is 4.39 Å². The van der Waals surface area contributed by atoms with Crippen molar-refractivity contribution < 1.29 is 9.23 Å². The molecule has 0 aliphatic heterocycles. The molecular formula is C14H11BrFNO. The lowest BCUT2D eigenvalue weighted by Gasteiger charge is -2.00. The Balaban J connectivity index is 1.91. The molecule has 0 aliphatic carbocycles. The number of benzene rings is 2. The third-order valence-electron chi connectivity index (χ3n) is 2.29. The molecule has 0 heterocycles. The molecule has 2 nitrogen and oxygen atoms in total. The van der Waals surface area contributed by atoms with E-state index in [-0.39, 0.29) is 12.4 Å². The van der Waals surface area contributed by atoms with Crippen molar-refractivity contribution >= 4 is 22.1 Å². The fourth-order valence-corrected chi connectivity index (χ4v) is 1.80. The van der Waals surface area contributed by atoms with Crippen molar-refractivity contribution in [1.29, 1.82) is 0 Å². The highest BCUT2D eigenvalue weighted by Crippen LogP contribution is 2.13. The van der Waals surface area contributed by atoms with E-state index in [1.807, 2.05) is 24.3 Å². The summed E-state index contributed by atoms with van der Waals surface area (Å²) in [7, 11) is 0. The minimum Gasteiger partial charge on any atom is -0.391 e. The number of rotatable bonds is 4. The molecule has 0 saturated heterocycles. The van der Waals surface area contributed by atoms with Crippen LogP contribution in [0.2, 0.25) is 0 Å². The van der Waals surface area contributed by atoms with Crippen LogP contribution in [-0.4, -0.2) is 6.21 Å². The number of hydrogen-bond donors (Lipinski definition) is 0. The van der Waals surface area contributed by atoms with Crippen molar-refractivity contribution in [2.75, 3.05) is 0 Å². The van der Waals surface area contributed by atoms with Crippen LogP contribution in [0, 0.1) is 5.82 Å². The van der Waals surface area contributed by atoms with E-state index < -0.39 is 0 Å². The minimum atomic E-state index is -0.272. The average Bonchev–Trinajstić information content (AvgIpc) is 2.37. The molecule has 0 aliphatic rings. The maximum absolute atomic E-state index is 12.9. The first kappa shape index (κ1) is 12.8. The van der Waals surface area contributed by atoms with Gasteiger partial charge in [-0.15, -0.1) is 0 Å². The summed E-state index contributed by atoms with van der Waals surface area (Å²) in [5, 5.41) is 3.85. The predicted octanol–water partition coefficient (Wildman–Crippen LogP) is 4.14. The normalized spacial score (nSPS) is 10.8. The Bertz CT molecular complexity index is 557. The third kappa shape index (κ3) is 3.67. The van der Waals surface area contributed by atoms with Gasteiger partial charge in [0.25, 0.3) is 0 Å². The first-order valence-corrected chi connectivity index (χ1v) is 6.19. The second kappa shape index (κ2) is 6.31. The van der Waals surface area contributed by atoms with Crippen LogP contribution in [0.1, 0.15) is 11.1 Å². The van der Waals surface area contributed by atoms with Gasteiger partial charge >= 0.3 is 0 Å². The zero-order valence-corrected chi connectivity index (χ0v) is 11.1. The SMILES string of the molecule is Fc1cccc(CON=Cc2ccccc2Br)c1. The van der Waals surface area contributed by atoms with Gasteiger partial charge in [-0.05, 0) is 23.8 Å². The highest BCUT2D eigenvalue weighted by Gasteiger charge is 1.96. The number of nitrogens with zero attached hydrogens (tertiary/aromatic N) is 1. The summed E-state index contributed by atoms with van der Waals surface area (Å²) in [6, 6.07) is 13.9. The fourth-order valence-electron chi connectivity index (χ4n) is 1.41. The van der Waals surface area contributed by atoms with Gasteiger partial charge in [0.1, 0.15) is 12.4 Å². The number of halogens is 2. The van der Waals surface area contributed by atoms with Gasteiger partial charge in [0.15, 0.2) is 0 Å². The lowest BCUT2D eigenvalue weighted by molar-refractivity contribution is 0.132. The van der Waals surface area contributed by atoms with E-state index in [4.69, 9.17) is 4.84 Å². The topological polar surface area (TPSA) is 21.6 Å². The monoisotopic (exact) mass is 307 g/mol. The van der Waals surface area contributed by atoms with Crippen molar-refractivity contribution in [3.8, 4) is 0 Å². The van der Waals surface area contributed by atoms with Crippen LogP contribution in [0.25, 0.3) is 0 Å². The van der Waals surface area contributed by atoms with Gasteiger partial charge in [-0.3, -0.25) is 0 Å². The minimum absolute atomic E-state index is 0.249. The Morgan fingerprint density at radius 1 is 1.17 bits per heavy atom. The molecule has 0 N–H and O–H groups in total. The summed E-state index contributed by atoms with van der Waals surface area (Å²) < 4.78 is 13.8. The molecule has 0 saturated carbocycles. The van der Waals surface area contributed by atoms with Gasteiger partial charge < -0.3 is 4.84 Å². The summed E-state index contributed by atoms with van der Waals surface area (Å²) in [5.41, 5.74) is 1.68. The molecule has 18 heavy (non-hydrogen) atoms. The van der Waals surface area contributed by atoms with Crippen LogP contribution < -0.4 is 0 Å². The molecule has 4 heteroatoms. The molecule has 0 atom stereocenters. The second-order valence-corrected chi connectivity index (χ2v) is 4.51. The Labute approximate surface area is 113 Å². The van der Waals surface area contributed by atoms with Crippen LogP contribution in [0.5, 0.6) is 0 Å². The standard InChI is InChI=1S/C14H11BrFNO/c15-14-7-2-1-5-12(14)9-17-18-10-11-4-3-6-13(16)8-11/h1-9H,10H2. The van der Waals surface area contributed by atoms with Gasteiger partial charge in [0.2, 0.25) is 0 Å². The van der Waals surface area contributed by atoms with Gasteiger partial charge in [0, 0.05) is 10.0 Å². The van der Waals surface area contributed by atoms with Crippen molar-refractivity contribution in [1.82, 2.24) is 0 Å². The van der Waals surface area contributed by atoms with E-state index in [1.54, 1.807) is 18.3 Å².